The highest BCUT2D eigenvalue weighted by Gasteiger charge is 2.15. The molecular weight excluding hydrogens is 518 g/mol. The highest BCUT2D eigenvalue weighted by atomic mass is 15.0. The van der Waals surface area contributed by atoms with E-state index in [1.807, 2.05) is 0 Å². The molecular formula is C42H27N. The molecule has 0 amide bonds. The topological polar surface area (TPSA) is 4.93 Å². The Bertz CT molecular complexity index is 2490. The van der Waals surface area contributed by atoms with Crippen LogP contribution in [0.2, 0.25) is 0 Å². The van der Waals surface area contributed by atoms with Crippen molar-refractivity contribution >= 4 is 54.1 Å². The Labute approximate surface area is 249 Å². The van der Waals surface area contributed by atoms with Crippen molar-refractivity contribution in [3.63, 3.8) is 0 Å². The lowest BCUT2D eigenvalue weighted by atomic mass is 9.92. The molecule has 0 radical (unpaired) electrons. The summed E-state index contributed by atoms with van der Waals surface area (Å²) in [5.74, 6) is 0. The van der Waals surface area contributed by atoms with E-state index in [2.05, 4.69) is 168 Å². The van der Waals surface area contributed by atoms with Gasteiger partial charge in [-0.3, -0.25) is 0 Å². The molecule has 1 aromatic heterocycles. The Morgan fingerprint density at radius 2 is 0.884 bits per heavy atom. The maximum absolute atomic E-state index is 2.42. The molecule has 9 aromatic rings. The summed E-state index contributed by atoms with van der Waals surface area (Å²) in [6, 6.07) is 59.8. The number of benzene rings is 8. The summed E-state index contributed by atoms with van der Waals surface area (Å²) in [5.41, 5.74) is 8.61. The molecule has 0 N–H and O–H groups in total. The summed E-state index contributed by atoms with van der Waals surface area (Å²) in [4.78, 5) is 0. The molecule has 200 valence electrons. The van der Waals surface area contributed by atoms with E-state index in [1.54, 1.807) is 0 Å². The van der Waals surface area contributed by atoms with Crippen molar-refractivity contribution in [2.24, 2.45) is 0 Å². The average Bonchev–Trinajstić information content (AvgIpc) is 3.41. The fourth-order valence-electron chi connectivity index (χ4n) is 6.95. The number of hydrogen-bond acceptors (Lipinski definition) is 0. The lowest BCUT2D eigenvalue weighted by molar-refractivity contribution is 1.20. The normalized spacial score (nSPS) is 11.7. The van der Waals surface area contributed by atoms with Gasteiger partial charge >= 0.3 is 0 Å². The van der Waals surface area contributed by atoms with E-state index in [4.69, 9.17) is 0 Å². The van der Waals surface area contributed by atoms with E-state index < -0.39 is 0 Å². The first kappa shape index (κ1) is 24.0. The minimum atomic E-state index is 1.21. The first-order chi connectivity index (χ1) is 21.3. The van der Waals surface area contributed by atoms with Crippen molar-refractivity contribution in [2.45, 2.75) is 0 Å². The summed E-state index contributed by atoms with van der Waals surface area (Å²) < 4.78 is 2.42. The largest absolute Gasteiger partial charge is 0.309 e. The molecule has 0 unspecified atom stereocenters. The number of rotatable bonds is 3. The van der Waals surface area contributed by atoms with Gasteiger partial charge in [0.05, 0.1) is 16.7 Å². The van der Waals surface area contributed by atoms with Gasteiger partial charge in [0.2, 0.25) is 0 Å². The van der Waals surface area contributed by atoms with Crippen molar-refractivity contribution in [1.82, 2.24) is 4.57 Å². The van der Waals surface area contributed by atoms with Crippen molar-refractivity contribution in [2.75, 3.05) is 0 Å². The molecule has 0 aliphatic heterocycles. The van der Waals surface area contributed by atoms with Gasteiger partial charge in [-0.2, -0.15) is 0 Å². The predicted octanol–water partition coefficient (Wildman–Crippen LogP) is 11.6. The minimum Gasteiger partial charge on any atom is -0.309 e. The van der Waals surface area contributed by atoms with E-state index in [0.717, 1.165) is 0 Å². The number of fused-ring (bicyclic) bond motifs is 7. The number of nitrogens with zero attached hydrogens (tertiary/aromatic N) is 1. The van der Waals surface area contributed by atoms with Gasteiger partial charge in [0, 0.05) is 16.2 Å². The fourth-order valence-corrected chi connectivity index (χ4v) is 6.95. The van der Waals surface area contributed by atoms with Crippen molar-refractivity contribution in [3.05, 3.63) is 164 Å². The summed E-state index contributed by atoms with van der Waals surface area (Å²) in [5, 5.41) is 10.2. The van der Waals surface area contributed by atoms with Gasteiger partial charge < -0.3 is 4.57 Å². The molecule has 0 fully saturated rings. The zero-order valence-corrected chi connectivity index (χ0v) is 23.5. The second kappa shape index (κ2) is 9.44. The Balaban J connectivity index is 1.19. The number of aromatic nitrogens is 1. The Hall–Kier alpha value is -5.66. The van der Waals surface area contributed by atoms with E-state index in [-0.39, 0.29) is 0 Å². The zero-order valence-electron chi connectivity index (χ0n) is 23.5. The van der Waals surface area contributed by atoms with Gasteiger partial charge in [0.15, 0.2) is 0 Å². The van der Waals surface area contributed by atoms with Crippen molar-refractivity contribution in [1.29, 1.82) is 0 Å². The van der Waals surface area contributed by atoms with Crippen LogP contribution in [0.5, 0.6) is 0 Å². The van der Waals surface area contributed by atoms with Crippen LogP contribution >= 0.6 is 0 Å². The first-order valence-corrected chi connectivity index (χ1v) is 14.9. The Kier molecular flexibility index (Phi) is 5.27. The monoisotopic (exact) mass is 545 g/mol. The molecule has 0 saturated heterocycles. The van der Waals surface area contributed by atoms with Gasteiger partial charge in [-0.1, -0.05) is 133 Å². The molecule has 0 saturated carbocycles. The molecule has 1 nitrogen and oxygen atoms in total. The standard InChI is InChI=1S/C42H27N/c1-4-14-34-29(10-1)12-9-19-40(34)43-41-18-8-7-17-37(41)39-26-31(24-25-42(39)43)28-20-22-30(23-21-28)38-27-32-11-2-3-13-33(32)35-15-5-6-16-36(35)38/h1-27H. The summed E-state index contributed by atoms with van der Waals surface area (Å²) in [6.07, 6.45) is 0. The van der Waals surface area contributed by atoms with Crippen LogP contribution in [0.25, 0.3) is 82.1 Å². The molecule has 0 spiro atoms. The van der Waals surface area contributed by atoms with Gasteiger partial charge in [-0.15, -0.1) is 0 Å². The van der Waals surface area contributed by atoms with Crippen LogP contribution in [0, 0.1) is 0 Å². The van der Waals surface area contributed by atoms with E-state index in [0.29, 0.717) is 0 Å². The highest BCUT2D eigenvalue weighted by Crippen LogP contribution is 2.38. The molecule has 1 heterocycles. The van der Waals surface area contributed by atoms with E-state index >= 15 is 0 Å². The van der Waals surface area contributed by atoms with Crippen LogP contribution < -0.4 is 0 Å². The first-order valence-electron chi connectivity index (χ1n) is 14.9. The second-order valence-corrected chi connectivity index (χ2v) is 11.4. The maximum atomic E-state index is 2.42. The molecule has 0 atom stereocenters. The lowest BCUT2D eigenvalue weighted by Crippen LogP contribution is -1.95. The van der Waals surface area contributed by atoms with Crippen LogP contribution in [0.1, 0.15) is 0 Å². The number of hydrogen-bond donors (Lipinski definition) is 0. The minimum absolute atomic E-state index is 1.21. The summed E-state index contributed by atoms with van der Waals surface area (Å²) in [7, 11) is 0. The van der Waals surface area contributed by atoms with Crippen LogP contribution in [0.15, 0.2) is 164 Å². The van der Waals surface area contributed by atoms with Gasteiger partial charge in [-0.05, 0) is 79.5 Å². The van der Waals surface area contributed by atoms with Crippen molar-refractivity contribution in [3.8, 4) is 27.9 Å². The molecule has 0 aliphatic carbocycles. The molecule has 1 heteroatoms. The summed E-state index contributed by atoms with van der Waals surface area (Å²) >= 11 is 0. The third-order valence-corrected chi connectivity index (χ3v) is 8.98. The molecule has 9 rings (SSSR count). The van der Waals surface area contributed by atoms with Crippen LogP contribution in [-0.4, -0.2) is 4.57 Å². The SMILES string of the molecule is c1ccc2c(-n3c4ccccc4c4cc(-c5ccc(-c6cc7ccccc7c7ccccc67)cc5)ccc43)cccc2c1. The number of para-hydroxylation sites is 1. The van der Waals surface area contributed by atoms with Gasteiger partial charge in [-0.25, -0.2) is 0 Å². The summed E-state index contributed by atoms with van der Waals surface area (Å²) in [6.45, 7) is 0. The van der Waals surface area contributed by atoms with Crippen LogP contribution in [-0.2, 0) is 0 Å². The quantitative estimate of drug-likeness (QED) is 0.195. The fraction of sp³-hybridized carbons (Fsp3) is 0. The molecule has 0 bridgehead atoms. The average molecular weight is 546 g/mol. The second-order valence-electron chi connectivity index (χ2n) is 11.4. The van der Waals surface area contributed by atoms with Crippen molar-refractivity contribution < 1.29 is 0 Å². The Morgan fingerprint density at radius 3 is 1.72 bits per heavy atom. The maximum Gasteiger partial charge on any atom is 0.0541 e. The van der Waals surface area contributed by atoms with Crippen LogP contribution in [0.4, 0.5) is 0 Å². The van der Waals surface area contributed by atoms with Gasteiger partial charge in [0.1, 0.15) is 0 Å². The molecule has 0 aliphatic rings. The lowest BCUT2D eigenvalue weighted by Gasteiger charge is -2.12. The third-order valence-electron chi connectivity index (χ3n) is 8.98. The molecule has 43 heavy (non-hydrogen) atoms. The Morgan fingerprint density at radius 1 is 0.302 bits per heavy atom. The highest BCUT2D eigenvalue weighted by molar-refractivity contribution is 6.14. The molecule has 8 aromatic carbocycles. The smallest absolute Gasteiger partial charge is 0.0541 e. The third kappa shape index (κ3) is 3.72. The van der Waals surface area contributed by atoms with Gasteiger partial charge in [0.25, 0.3) is 0 Å². The van der Waals surface area contributed by atoms with E-state index in [1.165, 1.54) is 82.1 Å². The predicted molar refractivity (Wildman–Crippen MR) is 184 cm³/mol. The zero-order chi connectivity index (χ0) is 28.3. The van der Waals surface area contributed by atoms with E-state index in [9.17, 15) is 0 Å². The van der Waals surface area contributed by atoms with Crippen LogP contribution in [0.3, 0.4) is 0 Å².